The lowest BCUT2D eigenvalue weighted by Gasteiger charge is -2.61. The molecule has 0 aromatic carbocycles. The van der Waals surface area contributed by atoms with Crippen LogP contribution in [0.2, 0.25) is 0 Å². The van der Waals surface area contributed by atoms with E-state index in [1.54, 1.807) is 0 Å². The molecule has 0 radical (unpaired) electrons. The van der Waals surface area contributed by atoms with Crippen LogP contribution in [0, 0.1) is 34.5 Å². The van der Waals surface area contributed by atoms with Crippen molar-refractivity contribution in [2.75, 3.05) is 0 Å². The lowest BCUT2D eigenvalue weighted by molar-refractivity contribution is -0.139. The molecular formula is C20H34O2. The first-order chi connectivity index (χ1) is 10.5. The molecular weight excluding hydrogens is 272 g/mol. The molecule has 4 saturated carbocycles. The summed E-state index contributed by atoms with van der Waals surface area (Å²) in [5.41, 5.74) is 0.716. The van der Waals surface area contributed by atoms with E-state index in [4.69, 9.17) is 0 Å². The average molecular weight is 306 g/mol. The summed E-state index contributed by atoms with van der Waals surface area (Å²) in [5.74, 6) is 3.23. The fourth-order valence-corrected chi connectivity index (χ4v) is 7.69. The predicted octanol–water partition coefficient (Wildman–Crippen LogP) is 4.14. The van der Waals surface area contributed by atoms with Crippen molar-refractivity contribution < 1.29 is 10.2 Å². The van der Waals surface area contributed by atoms with Gasteiger partial charge < -0.3 is 10.2 Å². The van der Waals surface area contributed by atoms with Crippen molar-refractivity contribution in [1.29, 1.82) is 0 Å². The van der Waals surface area contributed by atoms with Crippen LogP contribution < -0.4 is 0 Å². The molecule has 0 aromatic rings. The number of fused-ring (bicyclic) bond motifs is 5. The second-order valence-corrected chi connectivity index (χ2v) is 9.30. The minimum atomic E-state index is -0.0405. The molecule has 22 heavy (non-hydrogen) atoms. The van der Waals surface area contributed by atoms with Gasteiger partial charge >= 0.3 is 0 Å². The Hall–Kier alpha value is -0.0800. The molecule has 0 amide bonds. The van der Waals surface area contributed by atoms with Gasteiger partial charge in [-0.3, -0.25) is 0 Å². The maximum Gasteiger partial charge on any atom is 0.0599 e. The van der Waals surface area contributed by atoms with Gasteiger partial charge in [-0.15, -0.1) is 0 Å². The monoisotopic (exact) mass is 306 g/mol. The molecule has 0 heterocycles. The minimum absolute atomic E-state index is 0.0397. The number of hydrogen-bond donors (Lipinski definition) is 2. The van der Waals surface area contributed by atoms with Gasteiger partial charge in [0.25, 0.3) is 0 Å². The van der Waals surface area contributed by atoms with Gasteiger partial charge in [-0.05, 0) is 98.7 Å². The number of hydrogen-bond acceptors (Lipinski definition) is 2. The summed E-state index contributed by atoms with van der Waals surface area (Å²) in [4.78, 5) is 0. The van der Waals surface area contributed by atoms with E-state index in [0.29, 0.717) is 5.41 Å². The van der Waals surface area contributed by atoms with Crippen LogP contribution in [0.15, 0.2) is 0 Å². The molecule has 2 N–H and O–H groups in total. The van der Waals surface area contributed by atoms with Crippen molar-refractivity contribution in [2.45, 2.75) is 90.3 Å². The van der Waals surface area contributed by atoms with E-state index < -0.39 is 0 Å². The Kier molecular flexibility index (Phi) is 3.66. The Balaban J connectivity index is 1.63. The van der Waals surface area contributed by atoms with E-state index in [-0.39, 0.29) is 17.6 Å². The first-order valence-corrected chi connectivity index (χ1v) is 9.87. The van der Waals surface area contributed by atoms with Crippen LogP contribution in [0.4, 0.5) is 0 Å². The van der Waals surface area contributed by atoms with Crippen LogP contribution >= 0.6 is 0 Å². The number of aliphatic hydroxyl groups is 2. The summed E-state index contributed by atoms with van der Waals surface area (Å²) in [7, 11) is 0. The van der Waals surface area contributed by atoms with Gasteiger partial charge in [-0.1, -0.05) is 13.8 Å². The molecule has 0 saturated heterocycles. The van der Waals surface area contributed by atoms with E-state index in [9.17, 15) is 10.2 Å². The highest BCUT2D eigenvalue weighted by Gasteiger charge is 2.60. The predicted molar refractivity (Wildman–Crippen MR) is 88.4 cm³/mol. The van der Waals surface area contributed by atoms with Crippen LogP contribution in [0.25, 0.3) is 0 Å². The Bertz CT molecular complexity index is 435. The van der Waals surface area contributed by atoms with Crippen molar-refractivity contribution in [2.24, 2.45) is 34.5 Å². The zero-order chi connectivity index (χ0) is 15.5. The van der Waals surface area contributed by atoms with E-state index in [1.165, 1.54) is 44.9 Å². The van der Waals surface area contributed by atoms with Gasteiger partial charge in [0.05, 0.1) is 12.2 Å². The lowest BCUT2D eigenvalue weighted by Crippen LogP contribution is -2.55. The standard InChI is InChI=1S/C20H34O2/c1-3-20-11-9-16-15(17(20)6-7-18(20)22)5-4-13-12-14(21)8-10-19(13,16)2/h13-18,21-22H,3-12H2,1-2H3/t13-,14-,15-,16+,17+,18+,19+,20+/m1/s1. The first kappa shape index (κ1) is 15.4. The molecule has 126 valence electrons. The van der Waals surface area contributed by atoms with Crippen LogP contribution in [0.5, 0.6) is 0 Å². The van der Waals surface area contributed by atoms with E-state index >= 15 is 0 Å². The summed E-state index contributed by atoms with van der Waals surface area (Å²) >= 11 is 0. The molecule has 0 aliphatic heterocycles. The summed E-state index contributed by atoms with van der Waals surface area (Å²) in [6.07, 6.45) is 11.9. The largest absolute Gasteiger partial charge is 0.393 e. The van der Waals surface area contributed by atoms with Crippen LogP contribution in [-0.2, 0) is 0 Å². The smallest absolute Gasteiger partial charge is 0.0599 e. The van der Waals surface area contributed by atoms with Gasteiger partial charge in [-0.2, -0.15) is 0 Å². The quantitative estimate of drug-likeness (QED) is 0.764. The number of rotatable bonds is 1. The molecule has 4 fully saturated rings. The molecule has 2 heteroatoms. The van der Waals surface area contributed by atoms with Crippen LogP contribution in [0.1, 0.15) is 78.1 Å². The molecule has 0 unspecified atom stereocenters. The first-order valence-electron chi connectivity index (χ1n) is 9.87. The third-order valence-corrected chi connectivity index (χ3v) is 8.97. The average Bonchev–Trinajstić information content (AvgIpc) is 2.86. The molecule has 0 spiro atoms. The summed E-state index contributed by atoms with van der Waals surface area (Å²) in [6, 6.07) is 0. The van der Waals surface area contributed by atoms with E-state index in [2.05, 4.69) is 13.8 Å². The highest BCUT2D eigenvalue weighted by atomic mass is 16.3. The molecule has 0 aromatic heterocycles. The second-order valence-electron chi connectivity index (χ2n) is 9.30. The fraction of sp³-hybridized carbons (Fsp3) is 1.00. The Morgan fingerprint density at radius 2 is 1.73 bits per heavy atom. The van der Waals surface area contributed by atoms with E-state index in [0.717, 1.165) is 42.9 Å². The topological polar surface area (TPSA) is 40.5 Å². The maximum atomic E-state index is 10.7. The van der Waals surface area contributed by atoms with Gasteiger partial charge in [0.1, 0.15) is 0 Å². The Labute approximate surface area is 135 Å². The van der Waals surface area contributed by atoms with E-state index in [1.807, 2.05) is 0 Å². The number of aliphatic hydroxyl groups excluding tert-OH is 2. The Morgan fingerprint density at radius 3 is 2.50 bits per heavy atom. The van der Waals surface area contributed by atoms with Crippen molar-refractivity contribution >= 4 is 0 Å². The zero-order valence-corrected chi connectivity index (χ0v) is 14.4. The van der Waals surface area contributed by atoms with Gasteiger partial charge in [0.2, 0.25) is 0 Å². The van der Waals surface area contributed by atoms with Crippen molar-refractivity contribution in [3.8, 4) is 0 Å². The molecule has 4 aliphatic carbocycles. The van der Waals surface area contributed by atoms with Crippen LogP contribution in [-0.4, -0.2) is 22.4 Å². The molecule has 8 atom stereocenters. The van der Waals surface area contributed by atoms with Gasteiger partial charge in [-0.25, -0.2) is 0 Å². The summed E-state index contributed by atoms with van der Waals surface area (Å²) < 4.78 is 0. The highest BCUT2D eigenvalue weighted by Crippen LogP contribution is 2.67. The SMILES string of the molecule is CC[C@]12CC[C@H]3[C@@H](CC[C@@H]4C[C@H](O)CC[C@@]43C)[C@@H]1CC[C@@H]2O. The molecule has 4 aliphatic rings. The highest BCUT2D eigenvalue weighted by molar-refractivity contribution is 5.10. The molecule has 2 nitrogen and oxygen atoms in total. The van der Waals surface area contributed by atoms with Crippen molar-refractivity contribution in [3.63, 3.8) is 0 Å². The zero-order valence-electron chi connectivity index (χ0n) is 14.4. The van der Waals surface area contributed by atoms with Gasteiger partial charge in [0.15, 0.2) is 0 Å². The lowest BCUT2D eigenvalue weighted by atomic mass is 9.44. The molecule has 0 bridgehead atoms. The van der Waals surface area contributed by atoms with Crippen LogP contribution in [0.3, 0.4) is 0 Å². The fourth-order valence-electron chi connectivity index (χ4n) is 7.69. The third kappa shape index (κ3) is 1.92. The van der Waals surface area contributed by atoms with Crippen molar-refractivity contribution in [3.05, 3.63) is 0 Å². The second kappa shape index (κ2) is 5.21. The normalized spacial score (nSPS) is 57.8. The summed E-state index contributed by atoms with van der Waals surface area (Å²) in [6.45, 7) is 4.86. The van der Waals surface area contributed by atoms with Crippen molar-refractivity contribution in [1.82, 2.24) is 0 Å². The third-order valence-electron chi connectivity index (χ3n) is 8.97. The minimum Gasteiger partial charge on any atom is -0.393 e. The van der Waals surface area contributed by atoms with Gasteiger partial charge in [0, 0.05) is 0 Å². The maximum absolute atomic E-state index is 10.7. The Morgan fingerprint density at radius 1 is 0.909 bits per heavy atom. The summed E-state index contributed by atoms with van der Waals surface area (Å²) in [5, 5.41) is 20.8. The molecule has 4 rings (SSSR count).